The van der Waals surface area contributed by atoms with Crippen molar-refractivity contribution in [3.05, 3.63) is 56.4 Å². The number of carbonyl (C=O) groups excluding carboxylic acids is 3. The molecule has 3 rings (SSSR count). The summed E-state index contributed by atoms with van der Waals surface area (Å²) in [6, 6.07) is 9.47. The number of hydrogen-bond acceptors (Lipinski definition) is 6. The topological polar surface area (TPSA) is 95.9 Å². The zero-order valence-corrected chi connectivity index (χ0v) is 18.8. The van der Waals surface area contributed by atoms with Gasteiger partial charge in [0.15, 0.2) is 11.5 Å². The van der Waals surface area contributed by atoms with Gasteiger partial charge in [0, 0.05) is 15.2 Å². The van der Waals surface area contributed by atoms with Gasteiger partial charge in [0.2, 0.25) is 5.91 Å². The molecule has 0 aliphatic carbocycles. The van der Waals surface area contributed by atoms with Crippen LogP contribution in [0.25, 0.3) is 6.08 Å². The summed E-state index contributed by atoms with van der Waals surface area (Å²) in [5.41, 5.74) is 1.05. The highest BCUT2D eigenvalue weighted by molar-refractivity contribution is 9.10. The van der Waals surface area contributed by atoms with E-state index >= 15 is 0 Å². The molecule has 0 bridgehead atoms. The third-order valence-corrected chi connectivity index (χ3v) is 5.81. The summed E-state index contributed by atoms with van der Waals surface area (Å²) in [5, 5.41) is 12.5. The standard InChI is InChI=1S/C20H16BrClN2O5S/c1-2-29-16-7-11(14(21)9-15(16)25)8-17-19(27)24(20(28)30-17)10-18(26)23-13-5-3-12(22)4-6-13/h3-9,25H,2,10H2,1H3,(H,23,26)/b17-8-. The summed E-state index contributed by atoms with van der Waals surface area (Å²) in [7, 11) is 0. The molecule has 156 valence electrons. The van der Waals surface area contributed by atoms with Crippen LogP contribution in [0.4, 0.5) is 10.5 Å². The van der Waals surface area contributed by atoms with Gasteiger partial charge in [-0.3, -0.25) is 19.3 Å². The minimum atomic E-state index is -0.575. The van der Waals surface area contributed by atoms with Gasteiger partial charge in [0.1, 0.15) is 6.54 Å². The summed E-state index contributed by atoms with van der Waals surface area (Å²) in [5.74, 6) is -0.874. The van der Waals surface area contributed by atoms with Crippen molar-refractivity contribution in [1.29, 1.82) is 0 Å². The zero-order chi connectivity index (χ0) is 21.8. The maximum atomic E-state index is 12.7. The molecule has 0 unspecified atom stereocenters. The normalized spacial score (nSPS) is 15.0. The Morgan fingerprint density at radius 2 is 2.00 bits per heavy atom. The summed E-state index contributed by atoms with van der Waals surface area (Å²) in [4.78, 5) is 38.2. The molecule has 0 radical (unpaired) electrons. The second-order valence-electron chi connectivity index (χ2n) is 6.10. The summed E-state index contributed by atoms with van der Waals surface area (Å²) >= 11 is 9.86. The Hall–Kier alpha value is -2.49. The first-order chi connectivity index (χ1) is 14.3. The maximum absolute atomic E-state index is 12.7. The lowest BCUT2D eigenvalue weighted by Crippen LogP contribution is -2.36. The van der Waals surface area contributed by atoms with Gasteiger partial charge in [-0.25, -0.2) is 0 Å². The number of thioether (sulfide) groups is 1. The molecule has 1 fully saturated rings. The highest BCUT2D eigenvalue weighted by Gasteiger charge is 2.36. The van der Waals surface area contributed by atoms with Gasteiger partial charge in [-0.1, -0.05) is 27.5 Å². The maximum Gasteiger partial charge on any atom is 0.294 e. The highest BCUT2D eigenvalue weighted by atomic mass is 79.9. The first kappa shape index (κ1) is 22.2. The van der Waals surface area contributed by atoms with Crippen molar-refractivity contribution in [3.63, 3.8) is 0 Å². The average molecular weight is 512 g/mol. The number of anilines is 1. The van der Waals surface area contributed by atoms with Crippen molar-refractivity contribution in [2.45, 2.75) is 6.92 Å². The zero-order valence-electron chi connectivity index (χ0n) is 15.6. The van der Waals surface area contributed by atoms with E-state index in [0.29, 0.717) is 27.4 Å². The lowest BCUT2D eigenvalue weighted by Gasteiger charge is -2.12. The number of halogens is 2. The number of rotatable bonds is 6. The van der Waals surface area contributed by atoms with Crippen molar-refractivity contribution in [3.8, 4) is 11.5 Å². The van der Waals surface area contributed by atoms with Crippen LogP contribution >= 0.6 is 39.3 Å². The Morgan fingerprint density at radius 1 is 1.30 bits per heavy atom. The van der Waals surface area contributed by atoms with Gasteiger partial charge < -0.3 is 15.2 Å². The first-order valence-electron chi connectivity index (χ1n) is 8.74. The van der Waals surface area contributed by atoms with E-state index in [1.165, 1.54) is 12.1 Å². The fourth-order valence-electron chi connectivity index (χ4n) is 2.60. The second-order valence-corrected chi connectivity index (χ2v) is 8.38. The van der Waals surface area contributed by atoms with E-state index in [9.17, 15) is 19.5 Å². The van der Waals surface area contributed by atoms with Crippen molar-refractivity contribution < 1.29 is 24.2 Å². The fourth-order valence-corrected chi connectivity index (χ4v) is 4.00. The van der Waals surface area contributed by atoms with Crippen LogP contribution in [0.15, 0.2) is 45.8 Å². The highest BCUT2D eigenvalue weighted by Crippen LogP contribution is 2.37. The van der Waals surface area contributed by atoms with Crippen LogP contribution in [-0.2, 0) is 9.59 Å². The van der Waals surface area contributed by atoms with Gasteiger partial charge in [-0.05, 0) is 66.7 Å². The van der Waals surface area contributed by atoms with Crippen molar-refractivity contribution >= 4 is 68.1 Å². The molecule has 0 spiro atoms. The molecular formula is C20H16BrClN2O5S. The number of nitrogens with one attached hydrogen (secondary N) is 1. The van der Waals surface area contributed by atoms with Crippen LogP contribution in [0.1, 0.15) is 12.5 Å². The number of benzene rings is 2. The number of imide groups is 1. The second kappa shape index (κ2) is 9.55. The molecule has 1 aliphatic rings. The summed E-state index contributed by atoms with van der Waals surface area (Å²) < 4.78 is 5.88. The van der Waals surface area contributed by atoms with Crippen LogP contribution < -0.4 is 10.1 Å². The molecule has 2 aromatic carbocycles. The smallest absolute Gasteiger partial charge is 0.294 e. The Labute approximate surface area is 190 Å². The van der Waals surface area contributed by atoms with E-state index in [4.69, 9.17) is 16.3 Å². The molecule has 7 nitrogen and oxygen atoms in total. The van der Waals surface area contributed by atoms with E-state index in [-0.39, 0.29) is 16.4 Å². The molecule has 3 amide bonds. The monoisotopic (exact) mass is 510 g/mol. The van der Waals surface area contributed by atoms with Gasteiger partial charge in [-0.2, -0.15) is 0 Å². The van der Waals surface area contributed by atoms with Crippen molar-refractivity contribution in [2.75, 3.05) is 18.5 Å². The molecular weight excluding hydrogens is 496 g/mol. The fraction of sp³-hybridized carbons (Fsp3) is 0.150. The van der Waals surface area contributed by atoms with Crippen LogP contribution in [0, 0.1) is 0 Å². The quantitative estimate of drug-likeness (QED) is 0.537. The molecule has 2 N–H and O–H groups in total. The Balaban J connectivity index is 1.75. The number of ether oxygens (including phenoxy) is 1. The number of hydrogen-bond donors (Lipinski definition) is 2. The first-order valence-corrected chi connectivity index (χ1v) is 10.7. The predicted octanol–water partition coefficient (Wildman–Crippen LogP) is 4.88. The van der Waals surface area contributed by atoms with Crippen LogP contribution in [0.5, 0.6) is 11.5 Å². The Morgan fingerprint density at radius 3 is 2.67 bits per heavy atom. The molecule has 1 aliphatic heterocycles. The molecule has 2 aromatic rings. The SMILES string of the molecule is CCOc1cc(/C=C2\SC(=O)N(CC(=O)Nc3ccc(Cl)cc3)C2=O)c(Br)cc1O. The number of amides is 3. The van der Waals surface area contributed by atoms with E-state index in [2.05, 4.69) is 21.2 Å². The number of carbonyl (C=O) groups is 3. The molecule has 0 atom stereocenters. The number of aromatic hydroxyl groups is 1. The lowest BCUT2D eigenvalue weighted by molar-refractivity contribution is -0.127. The predicted molar refractivity (Wildman–Crippen MR) is 120 cm³/mol. The molecule has 1 heterocycles. The number of phenolic OH excluding ortho intramolecular Hbond substituents is 1. The van der Waals surface area contributed by atoms with Gasteiger partial charge >= 0.3 is 0 Å². The van der Waals surface area contributed by atoms with Gasteiger partial charge in [0.05, 0.1) is 11.5 Å². The molecule has 10 heteroatoms. The summed E-state index contributed by atoms with van der Waals surface area (Å²) in [6.07, 6.45) is 1.51. The van der Waals surface area contributed by atoms with Crippen molar-refractivity contribution in [1.82, 2.24) is 4.90 Å². The van der Waals surface area contributed by atoms with Gasteiger partial charge in [-0.15, -0.1) is 0 Å². The Kier molecular flexibility index (Phi) is 7.06. The number of phenols is 1. The van der Waals surface area contributed by atoms with E-state index < -0.39 is 23.6 Å². The van der Waals surface area contributed by atoms with E-state index in [1.54, 1.807) is 37.3 Å². The molecule has 1 saturated heterocycles. The summed E-state index contributed by atoms with van der Waals surface area (Å²) in [6.45, 7) is 1.72. The Bertz CT molecular complexity index is 1040. The minimum absolute atomic E-state index is 0.0483. The lowest BCUT2D eigenvalue weighted by atomic mass is 10.2. The molecule has 30 heavy (non-hydrogen) atoms. The third kappa shape index (κ3) is 5.16. The van der Waals surface area contributed by atoms with Crippen LogP contribution in [0.3, 0.4) is 0 Å². The van der Waals surface area contributed by atoms with E-state index in [1.807, 2.05) is 0 Å². The largest absolute Gasteiger partial charge is 0.504 e. The number of nitrogens with zero attached hydrogens (tertiary/aromatic N) is 1. The van der Waals surface area contributed by atoms with Gasteiger partial charge in [0.25, 0.3) is 11.1 Å². The van der Waals surface area contributed by atoms with Crippen LogP contribution in [-0.4, -0.2) is 40.2 Å². The molecule has 0 aromatic heterocycles. The molecule has 0 saturated carbocycles. The van der Waals surface area contributed by atoms with Crippen molar-refractivity contribution in [2.24, 2.45) is 0 Å². The average Bonchev–Trinajstić information content (AvgIpc) is 2.95. The minimum Gasteiger partial charge on any atom is -0.504 e. The third-order valence-electron chi connectivity index (χ3n) is 3.97. The van der Waals surface area contributed by atoms with E-state index in [0.717, 1.165) is 16.7 Å². The van der Waals surface area contributed by atoms with Crippen LogP contribution in [0.2, 0.25) is 5.02 Å².